The van der Waals surface area contributed by atoms with Crippen molar-refractivity contribution in [3.8, 4) is 0 Å². The van der Waals surface area contributed by atoms with Crippen LogP contribution in [0.15, 0.2) is 12.1 Å². The molecule has 0 aromatic heterocycles. The average Bonchev–Trinajstić information content (AvgIpc) is 2.92. The molecule has 0 radical (unpaired) electrons. The molecule has 1 aliphatic rings. The van der Waals surface area contributed by atoms with Crippen LogP contribution in [0, 0.1) is 18.8 Å². The topological polar surface area (TPSA) is 84.9 Å². The Morgan fingerprint density at radius 3 is 2.60 bits per heavy atom. The van der Waals surface area contributed by atoms with Crippen molar-refractivity contribution in [3.05, 3.63) is 28.8 Å². The molecule has 0 fully saturated rings. The van der Waals surface area contributed by atoms with E-state index < -0.39 is 19.1 Å². The Morgan fingerprint density at radius 2 is 2.00 bits per heavy atom. The smallest absolute Gasteiger partial charge is 0.464 e. The van der Waals surface area contributed by atoms with Gasteiger partial charge < -0.3 is 19.7 Å². The van der Waals surface area contributed by atoms with Gasteiger partial charge >= 0.3 is 13.1 Å². The third-order valence-electron chi connectivity index (χ3n) is 4.26. The number of hydrogen-bond acceptors (Lipinski definition) is 5. The largest absolute Gasteiger partial charge is 0.492 e. The van der Waals surface area contributed by atoms with Crippen LogP contribution < -0.4 is 10.8 Å². The highest BCUT2D eigenvalue weighted by Gasteiger charge is 2.32. The van der Waals surface area contributed by atoms with E-state index in [0.29, 0.717) is 29.8 Å². The summed E-state index contributed by atoms with van der Waals surface area (Å²) >= 11 is 0. The quantitative estimate of drug-likeness (QED) is 0.596. The lowest BCUT2D eigenvalue weighted by atomic mass is 9.75. The molecule has 0 aliphatic carbocycles. The number of benzene rings is 1. The predicted octanol–water partition coefficient (Wildman–Crippen LogP) is 1.17. The molecule has 1 atom stereocenters. The fourth-order valence-electron chi connectivity index (χ4n) is 2.81. The minimum Gasteiger partial charge on any atom is -0.464 e. The zero-order valence-electron chi connectivity index (χ0n) is 15.5. The van der Waals surface area contributed by atoms with Gasteiger partial charge in [-0.1, -0.05) is 33.8 Å². The summed E-state index contributed by atoms with van der Waals surface area (Å²) in [5.41, 5.74) is 2.60. The number of fused-ring (bicyclic) bond motifs is 1. The lowest BCUT2D eigenvalue weighted by Gasteiger charge is -2.22. The van der Waals surface area contributed by atoms with Crippen molar-refractivity contribution in [2.75, 3.05) is 6.61 Å². The Kier molecular flexibility index (Phi) is 6.24. The highest BCUT2D eigenvalue weighted by molar-refractivity contribution is 6.62. The molecule has 1 aliphatic heterocycles. The van der Waals surface area contributed by atoms with Crippen molar-refractivity contribution < 1.29 is 24.0 Å². The maximum Gasteiger partial charge on any atom is 0.492 e. The minimum absolute atomic E-state index is 0.104. The van der Waals surface area contributed by atoms with Gasteiger partial charge in [0.15, 0.2) is 0 Å². The Balaban J connectivity index is 2.17. The van der Waals surface area contributed by atoms with E-state index in [1.165, 1.54) is 0 Å². The van der Waals surface area contributed by atoms with Crippen LogP contribution in [-0.4, -0.2) is 36.7 Å². The van der Waals surface area contributed by atoms with E-state index >= 15 is 0 Å². The predicted molar refractivity (Wildman–Crippen MR) is 95.5 cm³/mol. The fourth-order valence-corrected chi connectivity index (χ4v) is 2.81. The number of nitrogens with one attached hydrogen (secondary N) is 1. The summed E-state index contributed by atoms with van der Waals surface area (Å²) in [7, 11) is -1.01. The van der Waals surface area contributed by atoms with Crippen LogP contribution in [0.5, 0.6) is 0 Å². The monoisotopic (exact) mass is 347 g/mol. The van der Waals surface area contributed by atoms with Crippen molar-refractivity contribution in [2.45, 2.75) is 47.3 Å². The average molecular weight is 347 g/mol. The first kappa shape index (κ1) is 19.5. The number of carbonyl (C=O) groups is 2. The molecule has 0 spiro atoms. The Labute approximate surface area is 149 Å². The second-order valence-corrected chi connectivity index (χ2v) is 7.19. The van der Waals surface area contributed by atoms with Crippen LogP contribution in [0.1, 0.15) is 49.2 Å². The molecule has 1 heterocycles. The summed E-state index contributed by atoms with van der Waals surface area (Å²) in [6, 6.07) is 2.75. The van der Waals surface area contributed by atoms with Crippen LogP contribution in [0.25, 0.3) is 0 Å². The molecular weight excluding hydrogens is 321 g/mol. The van der Waals surface area contributed by atoms with E-state index in [4.69, 9.17) is 9.39 Å². The molecule has 2 rings (SSSR count). The third kappa shape index (κ3) is 4.41. The summed E-state index contributed by atoms with van der Waals surface area (Å²) in [4.78, 5) is 25.0. The van der Waals surface area contributed by atoms with Crippen molar-refractivity contribution in [2.24, 2.45) is 11.8 Å². The molecular formula is C18H26BNO5. The standard InChI is InChI=1S/C18H26BNO5/c1-10(2)8-24-18(22)16(11(3)4)20-17(21)14-7-6-13-9-25-19(23)15(13)12(14)5/h6-7,10-11,16,23H,8-9H2,1-5H3,(H,20,21). The molecule has 1 aromatic rings. The molecule has 136 valence electrons. The van der Waals surface area contributed by atoms with E-state index in [9.17, 15) is 14.6 Å². The van der Waals surface area contributed by atoms with Gasteiger partial charge in [-0.2, -0.15) is 0 Å². The highest BCUT2D eigenvalue weighted by atomic mass is 16.5. The van der Waals surface area contributed by atoms with Gasteiger partial charge in [-0.05, 0) is 41.4 Å². The van der Waals surface area contributed by atoms with Gasteiger partial charge in [0.2, 0.25) is 0 Å². The van der Waals surface area contributed by atoms with E-state index in [-0.39, 0.29) is 17.7 Å². The fraction of sp³-hybridized carbons (Fsp3) is 0.556. The van der Waals surface area contributed by atoms with Crippen molar-refractivity contribution in [1.82, 2.24) is 5.32 Å². The number of amides is 1. The van der Waals surface area contributed by atoms with Gasteiger partial charge in [0.25, 0.3) is 5.91 Å². The zero-order valence-corrected chi connectivity index (χ0v) is 15.5. The Bertz CT molecular complexity index is 659. The van der Waals surface area contributed by atoms with Crippen molar-refractivity contribution in [1.29, 1.82) is 0 Å². The van der Waals surface area contributed by atoms with Crippen molar-refractivity contribution >= 4 is 24.5 Å². The number of carbonyl (C=O) groups excluding carboxylic acids is 2. The molecule has 1 unspecified atom stereocenters. The first-order valence-corrected chi connectivity index (χ1v) is 8.61. The normalized spacial score (nSPS) is 14.6. The van der Waals surface area contributed by atoms with Crippen molar-refractivity contribution in [3.63, 3.8) is 0 Å². The van der Waals surface area contributed by atoms with Gasteiger partial charge in [0.05, 0.1) is 13.2 Å². The van der Waals surface area contributed by atoms with E-state index in [1.807, 2.05) is 27.7 Å². The molecule has 7 heteroatoms. The third-order valence-corrected chi connectivity index (χ3v) is 4.26. The minimum atomic E-state index is -1.01. The van der Waals surface area contributed by atoms with Crippen LogP contribution in [0.4, 0.5) is 0 Å². The molecule has 0 bridgehead atoms. The molecule has 6 nitrogen and oxygen atoms in total. The van der Waals surface area contributed by atoms with Gasteiger partial charge in [0, 0.05) is 5.56 Å². The summed E-state index contributed by atoms with van der Waals surface area (Å²) in [5.74, 6) is -0.668. The summed E-state index contributed by atoms with van der Waals surface area (Å²) in [6.45, 7) is 10.0. The molecule has 1 amide bonds. The van der Waals surface area contributed by atoms with Crippen LogP contribution in [-0.2, 0) is 20.8 Å². The maximum absolute atomic E-state index is 12.7. The Hall–Kier alpha value is -1.86. The van der Waals surface area contributed by atoms with Crippen LogP contribution in [0.3, 0.4) is 0 Å². The zero-order chi connectivity index (χ0) is 18.7. The van der Waals surface area contributed by atoms with Crippen LogP contribution in [0.2, 0.25) is 0 Å². The molecule has 0 saturated carbocycles. The number of rotatable bonds is 6. The van der Waals surface area contributed by atoms with E-state index in [0.717, 1.165) is 5.56 Å². The number of hydrogen-bond donors (Lipinski definition) is 2. The first-order chi connectivity index (χ1) is 11.7. The van der Waals surface area contributed by atoms with Gasteiger partial charge in [-0.3, -0.25) is 4.79 Å². The van der Waals surface area contributed by atoms with E-state index in [2.05, 4.69) is 5.32 Å². The highest BCUT2D eigenvalue weighted by Crippen LogP contribution is 2.17. The molecule has 1 aromatic carbocycles. The van der Waals surface area contributed by atoms with Gasteiger partial charge in [-0.25, -0.2) is 4.79 Å². The first-order valence-electron chi connectivity index (χ1n) is 8.61. The maximum atomic E-state index is 12.7. The van der Waals surface area contributed by atoms with Gasteiger partial charge in [-0.15, -0.1) is 0 Å². The summed E-state index contributed by atoms with van der Waals surface area (Å²) in [5, 5.41) is 12.7. The van der Waals surface area contributed by atoms with E-state index in [1.54, 1.807) is 19.1 Å². The second kappa shape index (κ2) is 8.02. The lowest BCUT2D eigenvalue weighted by Crippen LogP contribution is -2.46. The van der Waals surface area contributed by atoms with Gasteiger partial charge in [0.1, 0.15) is 6.04 Å². The SMILES string of the molecule is Cc1c(C(=O)NC(C(=O)OCC(C)C)C(C)C)ccc2c1B(O)OC2. The molecule has 2 N–H and O–H groups in total. The summed E-state index contributed by atoms with van der Waals surface area (Å²) in [6.07, 6.45) is 0. The Morgan fingerprint density at radius 1 is 1.32 bits per heavy atom. The number of ether oxygens (including phenoxy) is 1. The molecule has 0 saturated heterocycles. The summed E-state index contributed by atoms with van der Waals surface area (Å²) < 4.78 is 10.5. The lowest BCUT2D eigenvalue weighted by molar-refractivity contribution is -0.148. The van der Waals surface area contributed by atoms with Crippen LogP contribution >= 0.6 is 0 Å². The molecule has 25 heavy (non-hydrogen) atoms. The number of esters is 1. The second-order valence-electron chi connectivity index (χ2n) is 7.19.